The van der Waals surface area contributed by atoms with Crippen molar-refractivity contribution in [3.63, 3.8) is 0 Å². The molecule has 1 N–H and O–H groups in total. The molecule has 0 aromatic heterocycles. The third kappa shape index (κ3) is 3.75. The van der Waals surface area contributed by atoms with Crippen LogP contribution in [0.15, 0.2) is 0 Å². The van der Waals surface area contributed by atoms with E-state index in [0.717, 1.165) is 19.0 Å². The Hall–Kier alpha value is -0.570. The maximum atomic E-state index is 12.6. The Morgan fingerprint density at radius 3 is 2.40 bits per heavy atom. The van der Waals surface area contributed by atoms with Crippen molar-refractivity contribution in [2.45, 2.75) is 77.8 Å². The minimum atomic E-state index is -0.0174. The van der Waals surface area contributed by atoms with Gasteiger partial charge >= 0.3 is 0 Å². The molecule has 2 aliphatic rings. The Balaban J connectivity index is 1.84. The summed E-state index contributed by atoms with van der Waals surface area (Å²) < 4.78 is 0. The van der Waals surface area contributed by atoms with Gasteiger partial charge in [0.15, 0.2) is 0 Å². The summed E-state index contributed by atoms with van der Waals surface area (Å²) in [6.45, 7) is 8.61. The first-order valence-corrected chi connectivity index (χ1v) is 8.68. The molecule has 1 aliphatic heterocycles. The molecule has 1 saturated heterocycles. The maximum Gasteiger partial charge on any atom is 0.239 e. The lowest BCUT2D eigenvalue weighted by Crippen LogP contribution is -2.49. The van der Waals surface area contributed by atoms with Gasteiger partial charge in [0.25, 0.3) is 0 Å². The van der Waals surface area contributed by atoms with E-state index in [1.54, 1.807) is 0 Å². The van der Waals surface area contributed by atoms with Gasteiger partial charge < -0.3 is 10.2 Å². The minimum absolute atomic E-state index is 0.0174. The summed E-state index contributed by atoms with van der Waals surface area (Å²) in [7, 11) is 0. The first kappa shape index (κ1) is 15.8. The molecule has 2 rings (SSSR count). The molecule has 4 atom stereocenters. The zero-order valence-electron chi connectivity index (χ0n) is 13.5. The van der Waals surface area contributed by atoms with Gasteiger partial charge in [-0.05, 0) is 44.4 Å². The quantitative estimate of drug-likeness (QED) is 0.857. The molecule has 0 radical (unpaired) electrons. The second-order valence-corrected chi connectivity index (χ2v) is 6.84. The summed E-state index contributed by atoms with van der Waals surface area (Å²) in [4.78, 5) is 14.6. The normalized spacial score (nSPS) is 33.0. The predicted molar refractivity (Wildman–Crippen MR) is 83.6 cm³/mol. The van der Waals surface area contributed by atoms with Crippen molar-refractivity contribution in [2.24, 2.45) is 11.8 Å². The van der Waals surface area contributed by atoms with Gasteiger partial charge in [0, 0.05) is 19.1 Å². The first-order valence-electron chi connectivity index (χ1n) is 8.68. The largest absolute Gasteiger partial charge is 0.341 e. The molecule has 0 bridgehead atoms. The zero-order valence-corrected chi connectivity index (χ0v) is 13.5. The monoisotopic (exact) mass is 280 g/mol. The Labute approximate surface area is 124 Å². The molecule has 1 amide bonds. The summed E-state index contributed by atoms with van der Waals surface area (Å²) in [6.07, 6.45) is 8.74. The van der Waals surface area contributed by atoms with Gasteiger partial charge in [-0.3, -0.25) is 4.79 Å². The van der Waals surface area contributed by atoms with E-state index in [-0.39, 0.29) is 6.04 Å². The van der Waals surface area contributed by atoms with Crippen LogP contribution in [0.25, 0.3) is 0 Å². The molecule has 0 aromatic rings. The highest BCUT2D eigenvalue weighted by atomic mass is 16.2. The fourth-order valence-corrected chi connectivity index (χ4v) is 4.02. The van der Waals surface area contributed by atoms with Gasteiger partial charge in [-0.1, -0.05) is 33.1 Å². The fourth-order valence-electron chi connectivity index (χ4n) is 4.02. The van der Waals surface area contributed by atoms with E-state index in [9.17, 15) is 4.79 Å². The average Bonchev–Trinajstić information content (AvgIpc) is 2.68. The van der Waals surface area contributed by atoms with E-state index >= 15 is 0 Å². The van der Waals surface area contributed by atoms with Crippen molar-refractivity contribution in [3.8, 4) is 0 Å². The minimum Gasteiger partial charge on any atom is -0.341 e. The predicted octanol–water partition coefficient (Wildman–Crippen LogP) is 3.19. The van der Waals surface area contributed by atoms with Crippen molar-refractivity contribution in [1.29, 1.82) is 0 Å². The first-order chi connectivity index (χ1) is 9.63. The highest BCUT2D eigenvalue weighted by Crippen LogP contribution is 2.34. The van der Waals surface area contributed by atoms with Crippen LogP contribution in [0, 0.1) is 11.8 Å². The maximum absolute atomic E-state index is 12.6. The molecule has 3 heteroatoms. The molecule has 20 heavy (non-hydrogen) atoms. The molecule has 2 fully saturated rings. The highest BCUT2D eigenvalue weighted by Gasteiger charge is 2.33. The van der Waals surface area contributed by atoms with Crippen LogP contribution in [-0.2, 0) is 4.79 Å². The second kappa shape index (κ2) is 7.44. The van der Waals surface area contributed by atoms with Crippen molar-refractivity contribution in [3.05, 3.63) is 0 Å². The Bertz CT molecular complexity index is 310. The van der Waals surface area contributed by atoms with E-state index in [1.165, 1.54) is 44.9 Å². The van der Waals surface area contributed by atoms with E-state index in [4.69, 9.17) is 0 Å². The number of amides is 1. The van der Waals surface area contributed by atoms with Crippen molar-refractivity contribution >= 4 is 5.91 Å². The lowest BCUT2D eigenvalue weighted by Gasteiger charge is -2.28. The van der Waals surface area contributed by atoms with Crippen molar-refractivity contribution in [2.75, 3.05) is 13.1 Å². The standard InChI is InChI=1S/C17H32N2O/c1-4-15-9-10-16(13(15)2)18-14(3)17(20)19-11-7-5-6-8-12-19/h13-16,18H,4-12H2,1-3H3. The summed E-state index contributed by atoms with van der Waals surface area (Å²) >= 11 is 0. The fraction of sp³-hybridized carbons (Fsp3) is 0.941. The molecule has 116 valence electrons. The second-order valence-electron chi connectivity index (χ2n) is 6.84. The van der Waals surface area contributed by atoms with Gasteiger partial charge in [0.05, 0.1) is 6.04 Å². The lowest BCUT2D eigenvalue weighted by atomic mass is 9.93. The number of rotatable bonds is 4. The van der Waals surface area contributed by atoms with E-state index in [1.807, 2.05) is 0 Å². The number of nitrogens with one attached hydrogen (secondary N) is 1. The Kier molecular flexibility index (Phi) is 5.88. The molecule has 1 aliphatic carbocycles. The molecule has 4 unspecified atom stereocenters. The molecule has 1 saturated carbocycles. The van der Waals surface area contributed by atoms with Gasteiger partial charge in [0.2, 0.25) is 5.91 Å². The van der Waals surface area contributed by atoms with Gasteiger partial charge in [-0.15, -0.1) is 0 Å². The van der Waals surface area contributed by atoms with Crippen LogP contribution in [0.4, 0.5) is 0 Å². The summed E-state index contributed by atoms with van der Waals surface area (Å²) in [6, 6.07) is 0.516. The van der Waals surface area contributed by atoms with Crippen molar-refractivity contribution in [1.82, 2.24) is 10.2 Å². The topological polar surface area (TPSA) is 32.3 Å². The molecule has 3 nitrogen and oxygen atoms in total. The van der Waals surface area contributed by atoms with Crippen LogP contribution in [0.5, 0.6) is 0 Å². The summed E-state index contributed by atoms with van der Waals surface area (Å²) in [5.41, 5.74) is 0. The summed E-state index contributed by atoms with van der Waals surface area (Å²) in [5.74, 6) is 1.87. The number of hydrogen-bond donors (Lipinski definition) is 1. The number of nitrogens with zero attached hydrogens (tertiary/aromatic N) is 1. The lowest BCUT2D eigenvalue weighted by molar-refractivity contribution is -0.133. The highest BCUT2D eigenvalue weighted by molar-refractivity contribution is 5.81. The summed E-state index contributed by atoms with van der Waals surface area (Å²) in [5, 5.41) is 3.62. The zero-order chi connectivity index (χ0) is 14.5. The van der Waals surface area contributed by atoms with Crippen molar-refractivity contribution < 1.29 is 4.79 Å². The third-order valence-electron chi connectivity index (χ3n) is 5.50. The molecular formula is C17H32N2O. The van der Waals surface area contributed by atoms with Crippen LogP contribution < -0.4 is 5.32 Å². The Morgan fingerprint density at radius 2 is 1.85 bits per heavy atom. The SMILES string of the molecule is CCC1CCC(NC(C)C(=O)N2CCCCCC2)C1C. The van der Waals surface area contributed by atoms with Crippen LogP contribution >= 0.6 is 0 Å². The van der Waals surface area contributed by atoms with Crippen LogP contribution in [0.3, 0.4) is 0 Å². The van der Waals surface area contributed by atoms with Gasteiger partial charge in [-0.2, -0.15) is 0 Å². The van der Waals surface area contributed by atoms with Crippen LogP contribution in [-0.4, -0.2) is 36.0 Å². The number of hydrogen-bond acceptors (Lipinski definition) is 2. The smallest absolute Gasteiger partial charge is 0.239 e. The van der Waals surface area contributed by atoms with E-state index in [2.05, 4.69) is 31.0 Å². The third-order valence-corrected chi connectivity index (χ3v) is 5.50. The molecule has 0 spiro atoms. The molecule has 0 aromatic carbocycles. The number of carbonyl (C=O) groups excluding carboxylic acids is 1. The Morgan fingerprint density at radius 1 is 1.20 bits per heavy atom. The molecule has 1 heterocycles. The number of carbonyl (C=O) groups is 1. The van der Waals surface area contributed by atoms with E-state index < -0.39 is 0 Å². The molecular weight excluding hydrogens is 248 g/mol. The van der Waals surface area contributed by atoms with Crippen LogP contribution in [0.2, 0.25) is 0 Å². The van der Waals surface area contributed by atoms with E-state index in [0.29, 0.717) is 17.9 Å². The average molecular weight is 280 g/mol. The van der Waals surface area contributed by atoms with Gasteiger partial charge in [0.1, 0.15) is 0 Å². The van der Waals surface area contributed by atoms with Crippen LogP contribution in [0.1, 0.15) is 65.7 Å². The number of likely N-dealkylation sites (tertiary alicyclic amines) is 1. The van der Waals surface area contributed by atoms with Gasteiger partial charge in [-0.25, -0.2) is 0 Å².